The molecule has 0 bridgehead atoms. The highest BCUT2D eigenvalue weighted by molar-refractivity contribution is 5.25. The fraction of sp³-hybridized carbons (Fsp3) is 0.905. The minimum Gasteiger partial charge on any atom is -0.393 e. The summed E-state index contributed by atoms with van der Waals surface area (Å²) in [5.41, 5.74) is 2.17. The summed E-state index contributed by atoms with van der Waals surface area (Å²) in [5.74, 6) is 2.79. The molecule has 4 rings (SSSR count). The highest BCUT2D eigenvalue weighted by atomic mass is 16.3. The normalized spacial score (nSPS) is 51.8. The van der Waals surface area contributed by atoms with Crippen LogP contribution < -0.4 is 0 Å². The summed E-state index contributed by atoms with van der Waals surface area (Å²) < 4.78 is 0. The smallest absolute Gasteiger partial charge is 0.0925 e. The fourth-order valence-corrected chi connectivity index (χ4v) is 7.55. The third-order valence-corrected chi connectivity index (χ3v) is 8.90. The summed E-state index contributed by atoms with van der Waals surface area (Å²) in [4.78, 5) is 11.2. The number of fused-ring (bicyclic) bond motifs is 5. The van der Waals surface area contributed by atoms with Gasteiger partial charge in [-0.25, -0.2) is 0 Å². The van der Waals surface area contributed by atoms with Crippen molar-refractivity contribution in [1.82, 2.24) is 0 Å². The average Bonchev–Trinajstić information content (AvgIpc) is 2.92. The van der Waals surface area contributed by atoms with E-state index in [9.17, 15) is 10.0 Å². The lowest BCUT2D eigenvalue weighted by Gasteiger charge is -2.58. The number of aliphatic hydroxyl groups is 1. The maximum absolute atomic E-state index is 11.2. The fourth-order valence-electron chi connectivity index (χ4n) is 7.55. The van der Waals surface area contributed by atoms with Gasteiger partial charge in [-0.3, -0.25) is 0 Å². The molecule has 4 aliphatic rings. The quantitative estimate of drug-likeness (QED) is 0.566. The van der Waals surface area contributed by atoms with Crippen molar-refractivity contribution in [3.05, 3.63) is 16.6 Å². The topological polar surface area (TPSA) is 49.7 Å². The molecule has 3 saturated carbocycles. The van der Waals surface area contributed by atoms with E-state index in [-0.39, 0.29) is 12.1 Å². The van der Waals surface area contributed by atoms with Crippen molar-refractivity contribution >= 4 is 0 Å². The predicted octanol–water partition coefficient (Wildman–Crippen LogP) is 5.08. The molecule has 24 heavy (non-hydrogen) atoms. The zero-order valence-electron chi connectivity index (χ0n) is 15.5. The predicted molar refractivity (Wildman–Crippen MR) is 96.5 cm³/mol. The molecule has 134 valence electrons. The molecule has 0 spiro atoms. The summed E-state index contributed by atoms with van der Waals surface area (Å²) in [7, 11) is 0. The van der Waals surface area contributed by atoms with Gasteiger partial charge in [-0.2, -0.15) is 4.91 Å². The molecule has 8 atom stereocenters. The summed E-state index contributed by atoms with van der Waals surface area (Å²) >= 11 is 0. The zero-order valence-corrected chi connectivity index (χ0v) is 15.5. The van der Waals surface area contributed by atoms with Crippen LogP contribution in [0.1, 0.15) is 72.1 Å². The van der Waals surface area contributed by atoms with Gasteiger partial charge >= 0.3 is 0 Å². The number of aliphatic hydroxyl groups excluding tert-OH is 1. The van der Waals surface area contributed by atoms with Crippen LogP contribution in [0, 0.1) is 39.4 Å². The first-order valence-corrected chi connectivity index (χ1v) is 10.1. The molecule has 0 amide bonds. The Bertz CT molecular complexity index is 558. The number of hydrogen-bond donors (Lipinski definition) is 1. The molecule has 0 saturated heterocycles. The van der Waals surface area contributed by atoms with Gasteiger partial charge < -0.3 is 5.11 Å². The van der Waals surface area contributed by atoms with Gasteiger partial charge in [0.15, 0.2) is 0 Å². The van der Waals surface area contributed by atoms with E-state index in [0.29, 0.717) is 16.7 Å². The molecule has 0 aromatic heterocycles. The second-order valence-electron chi connectivity index (χ2n) is 9.73. The molecule has 0 heterocycles. The number of rotatable bonds is 2. The van der Waals surface area contributed by atoms with Crippen LogP contribution in [0.3, 0.4) is 0 Å². The lowest BCUT2D eigenvalue weighted by molar-refractivity contribution is -0.0519. The minimum absolute atomic E-state index is 0.0355. The Kier molecular flexibility index (Phi) is 3.95. The van der Waals surface area contributed by atoms with Gasteiger partial charge in [0.05, 0.1) is 12.1 Å². The van der Waals surface area contributed by atoms with Crippen LogP contribution in [0.5, 0.6) is 0 Å². The molecule has 0 radical (unpaired) electrons. The largest absolute Gasteiger partial charge is 0.393 e. The molecule has 4 aliphatic carbocycles. The maximum atomic E-state index is 11.2. The van der Waals surface area contributed by atoms with Gasteiger partial charge in [0.1, 0.15) is 0 Å². The molecule has 0 aromatic rings. The number of allylic oxidation sites excluding steroid dienone is 1. The van der Waals surface area contributed by atoms with E-state index in [1.165, 1.54) is 32.1 Å². The van der Waals surface area contributed by atoms with Crippen molar-refractivity contribution in [3.63, 3.8) is 0 Å². The number of nitrogens with zero attached hydrogens (tertiary/aromatic N) is 1. The van der Waals surface area contributed by atoms with E-state index in [1.54, 1.807) is 5.57 Å². The lowest BCUT2D eigenvalue weighted by atomic mass is 9.47. The third-order valence-electron chi connectivity index (χ3n) is 8.90. The molecular formula is C21H33NO2. The minimum atomic E-state index is -0.120. The van der Waals surface area contributed by atoms with Gasteiger partial charge in [0.2, 0.25) is 0 Å². The maximum Gasteiger partial charge on any atom is 0.0925 e. The molecule has 3 nitrogen and oxygen atoms in total. The van der Waals surface area contributed by atoms with Crippen molar-refractivity contribution in [2.45, 2.75) is 84.3 Å². The van der Waals surface area contributed by atoms with Crippen LogP contribution in [0.15, 0.2) is 16.8 Å². The van der Waals surface area contributed by atoms with Crippen LogP contribution in [0.25, 0.3) is 0 Å². The molecule has 1 N–H and O–H groups in total. The van der Waals surface area contributed by atoms with E-state index < -0.39 is 0 Å². The van der Waals surface area contributed by atoms with E-state index >= 15 is 0 Å². The average molecular weight is 332 g/mol. The van der Waals surface area contributed by atoms with Crippen LogP contribution in [-0.4, -0.2) is 17.3 Å². The van der Waals surface area contributed by atoms with Crippen LogP contribution in [-0.2, 0) is 0 Å². The number of hydrogen-bond acceptors (Lipinski definition) is 3. The Morgan fingerprint density at radius 1 is 1.17 bits per heavy atom. The van der Waals surface area contributed by atoms with Crippen LogP contribution in [0.2, 0.25) is 0 Å². The molecular weight excluding hydrogens is 298 g/mol. The van der Waals surface area contributed by atoms with E-state index in [1.807, 2.05) is 6.92 Å². The molecule has 3 heteroatoms. The summed E-state index contributed by atoms with van der Waals surface area (Å²) in [5, 5.41) is 13.5. The highest BCUT2D eigenvalue weighted by Crippen LogP contribution is 2.66. The first-order valence-electron chi connectivity index (χ1n) is 10.1. The van der Waals surface area contributed by atoms with Crippen molar-refractivity contribution in [3.8, 4) is 0 Å². The van der Waals surface area contributed by atoms with Crippen LogP contribution >= 0.6 is 0 Å². The first-order chi connectivity index (χ1) is 11.4. The Morgan fingerprint density at radius 2 is 1.96 bits per heavy atom. The number of nitroso groups, excluding NO2 is 1. The van der Waals surface area contributed by atoms with Crippen molar-refractivity contribution in [2.24, 2.45) is 39.7 Å². The van der Waals surface area contributed by atoms with Gasteiger partial charge in [-0.15, -0.1) is 0 Å². The Labute approximate surface area is 146 Å². The van der Waals surface area contributed by atoms with Gasteiger partial charge in [-0.05, 0) is 92.8 Å². The first kappa shape index (κ1) is 16.8. The Balaban J connectivity index is 1.64. The molecule has 0 aromatic carbocycles. The molecule has 0 aliphatic heterocycles. The third kappa shape index (κ3) is 2.19. The monoisotopic (exact) mass is 331 g/mol. The van der Waals surface area contributed by atoms with Gasteiger partial charge in [0, 0.05) is 0 Å². The van der Waals surface area contributed by atoms with Crippen LogP contribution in [0.4, 0.5) is 0 Å². The summed E-state index contributed by atoms with van der Waals surface area (Å²) in [6, 6.07) is -0.0355. The second-order valence-corrected chi connectivity index (χ2v) is 9.73. The second kappa shape index (κ2) is 5.65. The lowest BCUT2D eigenvalue weighted by Crippen LogP contribution is -2.51. The standard InChI is InChI=1S/C21H33NO2/c1-13(22-24)17-6-7-18-16-5-4-14-12-15(23)8-10-20(14,2)19(16)9-11-21(17,18)3/h4,13,15-19,23H,5-12H2,1-3H3/t13?,15?,16-,17+,18-,19-,20-,21+/m0/s1. The van der Waals surface area contributed by atoms with E-state index in [0.717, 1.165) is 37.0 Å². The van der Waals surface area contributed by atoms with Crippen molar-refractivity contribution in [1.29, 1.82) is 0 Å². The van der Waals surface area contributed by atoms with Crippen molar-refractivity contribution < 1.29 is 5.11 Å². The van der Waals surface area contributed by atoms with Gasteiger partial charge in [0.25, 0.3) is 0 Å². The molecule has 3 fully saturated rings. The zero-order chi connectivity index (χ0) is 17.1. The molecule has 2 unspecified atom stereocenters. The summed E-state index contributed by atoms with van der Waals surface area (Å²) in [6.45, 7) is 6.96. The van der Waals surface area contributed by atoms with Gasteiger partial charge in [-0.1, -0.05) is 30.7 Å². The highest BCUT2D eigenvalue weighted by Gasteiger charge is 2.59. The Hall–Kier alpha value is -0.700. The van der Waals surface area contributed by atoms with Crippen molar-refractivity contribution in [2.75, 3.05) is 0 Å². The van der Waals surface area contributed by atoms with E-state index in [4.69, 9.17) is 0 Å². The van der Waals surface area contributed by atoms with E-state index in [2.05, 4.69) is 25.1 Å². The SMILES string of the molecule is CC(N=O)[C@H]1CC[C@H]2[C@@H]3CC=C4CC(O)CC[C@]4(C)[C@H]3CC[C@]12C. The Morgan fingerprint density at radius 3 is 2.71 bits per heavy atom. The summed E-state index contributed by atoms with van der Waals surface area (Å²) in [6.07, 6.45) is 11.6.